The third-order valence-electron chi connectivity index (χ3n) is 2.76. The van der Waals surface area contributed by atoms with Gasteiger partial charge < -0.3 is 15.4 Å². The number of rotatable bonds is 5. The quantitative estimate of drug-likeness (QED) is 0.795. The van der Waals surface area contributed by atoms with E-state index in [1.165, 1.54) is 0 Å². The monoisotopic (exact) mass is 224 g/mol. The molecule has 0 aromatic carbocycles. The van der Waals surface area contributed by atoms with Crippen molar-refractivity contribution in [2.45, 2.75) is 20.4 Å². The van der Waals surface area contributed by atoms with Gasteiger partial charge in [-0.3, -0.25) is 0 Å². The molecule has 0 aliphatic heterocycles. The number of methoxy groups -OCH3 is 1. The van der Waals surface area contributed by atoms with Crippen molar-refractivity contribution >= 4 is 5.82 Å². The second-order valence-corrected chi connectivity index (χ2v) is 3.83. The molecule has 1 aromatic rings. The normalized spacial score (nSPS) is 10.6. The van der Waals surface area contributed by atoms with Gasteiger partial charge in [-0.15, -0.1) is 5.10 Å². The van der Waals surface area contributed by atoms with Crippen molar-refractivity contribution in [2.75, 3.05) is 32.2 Å². The minimum atomic E-state index is 0.481. The van der Waals surface area contributed by atoms with Crippen LogP contribution in [-0.4, -0.2) is 37.5 Å². The first kappa shape index (κ1) is 12.9. The van der Waals surface area contributed by atoms with Gasteiger partial charge in [-0.25, -0.2) is 0 Å². The van der Waals surface area contributed by atoms with E-state index < -0.39 is 0 Å². The molecule has 1 heterocycles. The summed E-state index contributed by atoms with van der Waals surface area (Å²) in [5.74, 6) is 0.850. The summed E-state index contributed by atoms with van der Waals surface area (Å²) in [5.41, 5.74) is 8.88. The van der Waals surface area contributed by atoms with Gasteiger partial charge in [0, 0.05) is 32.8 Å². The SMILES string of the molecule is COCCN(C)c1nnc(C)c(C)c1CN. The molecular formula is C11H20N4O. The van der Waals surface area contributed by atoms with Gasteiger partial charge in [0.15, 0.2) is 5.82 Å². The van der Waals surface area contributed by atoms with Crippen molar-refractivity contribution in [2.24, 2.45) is 5.73 Å². The molecule has 0 aliphatic carbocycles. The zero-order chi connectivity index (χ0) is 12.1. The average Bonchev–Trinajstić information content (AvgIpc) is 2.29. The molecule has 1 rings (SSSR count). The van der Waals surface area contributed by atoms with Crippen molar-refractivity contribution in [3.05, 3.63) is 16.8 Å². The molecule has 5 nitrogen and oxygen atoms in total. The van der Waals surface area contributed by atoms with Crippen LogP contribution in [0.5, 0.6) is 0 Å². The number of nitrogens with two attached hydrogens (primary N) is 1. The molecule has 0 bridgehead atoms. The Balaban J connectivity index is 2.99. The number of hydrogen-bond acceptors (Lipinski definition) is 5. The first-order valence-electron chi connectivity index (χ1n) is 5.34. The van der Waals surface area contributed by atoms with Crippen LogP contribution in [0, 0.1) is 13.8 Å². The van der Waals surface area contributed by atoms with E-state index in [0.29, 0.717) is 13.2 Å². The van der Waals surface area contributed by atoms with Crippen molar-refractivity contribution in [1.29, 1.82) is 0 Å². The second-order valence-electron chi connectivity index (χ2n) is 3.83. The van der Waals surface area contributed by atoms with Crippen molar-refractivity contribution in [1.82, 2.24) is 10.2 Å². The van der Waals surface area contributed by atoms with Gasteiger partial charge in [0.1, 0.15) is 0 Å². The van der Waals surface area contributed by atoms with E-state index in [9.17, 15) is 0 Å². The van der Waals surface area contributed by atoms with Crippen molar-refractivity contribution in [3.63, 3.8) is 0 Å². The fourth-order valence-corrected chi connectivity index (χ4v) is 1.53. The summed E-state index contributed by atoms with van der Waals surface area (Å²) in [7, 11) is 3.65. The standard InChI is InChI=1S/C11H20N4O/c1-8-9(2)13-14-11(10(8)7-12)15(3)5-6-16-4/h5-7,12H2,1-4H3. The van der Waals surface area contributed by atoms with Crippen LogP contribution in [-0.2, 0) is 11.3 Å². The Hall–Kier alpha value is -1.20. The van der Waals surface area contributed by atoms with E-state index in [-0.39, 0.29) is 0 Å². The van der Waals surface area contributed by atoms with Crippen LogP contribution in [0.2, 0.25) is 0 Å². The lowest BCUT2D eigenvalue weighted by Crippen LogP contribution is -2.26. The highest BCUT2D eigenvalue weighted by Crippen LogP contribution is 2.20. The molecule has 0 aliphatic rings. The topological polar surface area (TPSA) is 64.3 Å². The van der Waals surface area contributed by atoms with Crippen LogP contribution in [0.1, 0.15) is 16.8 Å². The molecule has 16 heavy (non-hydrogen) atoms. The van der Waals surface area contributed by atoms with Gasteiger partial charge in [0.25, 0.3) is 0 Å². The van der Waals surface area contributed by atoms with E-state index in [4.69, 9.17) is 10.5 Å². The van der Waals surface area contributed by atoms with Crippen LogP contribution in [0.25, 0.3) is 0 Å². The summed E-state index contributed by atoms with van der Waals surface area (Å²) < 4.78 is 5.04. The number of aromatic nitrogens is 2. The van der Waals surface area contributed by atoms with Crippen LogP contribution in [0.3, 0.4) is 0 Å². The summed E-state index contributed by atoms with van der Waals surface area (Å²) in [6.45, 7) is 5.89. The molecule has 0 saturated carbocycles. The highest BCUT2D eigenvalue weighted by Gasteiger charge is 2.12. The number of nitrogens with zero attached hydrogens (tertiary/aromatic N) is 3. The lowest BCUT2D eigenvalue weighted by Gasteiger charge is -2.21. The number of hydrogen-bond donors (Lipinski definition) is 1. The van der Waals surface area contributed by atoms with E-state index in [0.717, 1.165) is 29.2 Å². The Labute approximate surface area is 96.6 Å². The maximum absolute atomic E-state index is 5.76. The van der Waals surface area contributed by atoms with Gasteiger partial charge in [-0.2, -0.15) is 5.10 Å². The fraction of sp³-hybridized carbons (Fsp3) is 0.636. The molecule has 1 aromatic heterocycles. The number of likely N-dealkylation sites (N-methyl/N-ethyl adjacent to an activating group) is 1. The molecule has 5 heteroatoms. The molecule has 0 fully saturated rings. The first-order chi connectivity index (χ1) is 7.61. The zero-order valence-corrected chi connectivity index (χ0v) is 10.4. The van der Waals surface area contributed by atoms with E-state index in [2.05, 4.69) is 10.2 Å². The number of anilines is 1. The maximum Gasteiger partial charge on any atom is 0.155 e. The molecule has 0 atom stereocenters. The minimum absolute atomic E-state index is 0.481. The lowest BCUT2D eigenvalue weighted by molar-refractivity contribution is 0.206. The Morgan fingerprint density at radius 3 is 2.56 bits per heavy atom. The molecule has 0 spiro atoms. The lowest BCUT2D eigenvalue weighted by atomic mass is 10.1. The van der Waals surface area contributed by atoms with Crippen LogP contribution in [0.15, 0.2) is 0 Å². The van der Waals surface area contributed by atoms with E-state index in [1.54, 1.807) is 7.11 Å². The van der Waals surface area contributed by atoms with E-state index in [1.807, 2.05) is 25.8 Å². The highest BCUT2D eigenvalue weighted by atomic mass is 16.5. The van der Waals surface area contributed by atoms with Gasteiger partial charge in [0.05, 0.1) is 12.3 Å². The third kappa shape index (κ3) is 2.68. The molecule has 0 amide bonds. The summed E-state index contributed by atoms with van der Waals surface area (Å²) >= 11 is 0. The molecule has 0 radical (unpaired) electrons. The fourth-order valence-electron chi connectivity index (χ4n) is 1.53. The average molecular weight is 224 g/mol. The van der Waals surface area contributed by atoms with E-state index >= 15 is 0 Å². The van der Waals surface area contributed by atoms with Crippen molar-refractivity contribution in [3.8, 4) is 0 Å². The smallest absolute Gasteiger partial charge is 0.155 e. The van der Waals surface area contributed by atoms with Gasteiger partial charge in [-0.1, -0.05) is 0 Å². The van der Waals surface area contributed by atoms with Gasteiger partial charge >= 0.3 is 0 Å². The van der Waals surface area contributed by atoms with Gasteiger partial charge in [-0.05, 0) is 19.4 Å². The maximum atomic E-state index is 5.76. The number of ether oxygens (including phenoxy) is 1. The minimum Gasteiger partial charge on any atom is -0.383 e. The van der Waals surface area contributed by atoms with Crippen molar-refractivity contribution < 1.29 is 4.74 Å². The molecule has 0 saturated heterocycles. The molecule has 2 N–H and O–H groups in total. The van der Waals surface area contributed by atoms with Crippen LogP contribution in [0.4, 0.5) is 5.82 Å². The molecule has 90 valence electrons. The zero-order valence-electron chi connectivity index (χ0n) is 10.4. The van der Waals surface area contributed by atoms with Crippen LogP contribution >= 0.6 is 0 Å². The highest BCUT2D eigenvalue weighted by molar-refractivity contribution is 5.50. The summed E-state index contributed by atoms with van der Waals surface area (Å²) in [4.78, 5) is 2.02. The summed E-state index contributed by atoms with van der Waals surface area (Å²) in [5, 5.41) is 8.33. The Kier molecular flexibility index (Phi) is 4.64. The predicted molar refractivity (Wildman–Crippen MR) is 64.5 cm³/mol. The Morgan fingerprint density at radius 1 is 1.31 bits per heavy atom. The van der Waals surface area contributed by atoms with Crippen LogP contribution < -0.4 is 10.6 Å². The first-order valence-corrected chi connectivity index (χ1v) is 5.34. The third-order valence-corrected chi connectivity index (χ3v) is 2.76. The summed E-state index contributed by atoms with van der Waals surface area (Å²) in [6.07, 6.45) is 0. The Morgan fingerprint density at radius 2 is 2.00 bits per heavy atom. The molecule has 0 unspecified atom stereocenters. The predicted octanol–water partition coefficient (Wildman–Crippen LogP) is 0.635. The van der Waals surface area contributed by atoms with Gasteiger partial charge in [0.2, 0.25) is 0 Å². The second kappa shape index (κ2) is 5.77. The molecular weight excluding hydrogens is 204 g/mol. The largest absolute Gasteiger partial charge is 0.383 e. The number of aryl methyl sites for hydroxylation is 1. The summed E-state index contributed by atoms with van der Waals surface area (Å²) in [6, 6.07) is 0. The Bertz CT molecular complexity index is 354.